The molecule has 2 saturated heterocycles. The Labute approximate surface area is 104 Å². The minimum atomic E-state index is 0.275. The van der Waals surface area contributed by atoms with E-state index in [0.29, 0.717) is 12.1 Å². The maximum atomic E-state index is 6.35. The van der Waals surface area contributed by atoms with Gasteiger partial charge in [0.2, 0.25) is 0 Å². The van der Waals surface area contributed by atoms with Gasteiger partial charge in [-0.1, -0.05) is 19.3 Å². The Morgan fingerprint density at radius 1 is 1.06 bits per heavy atom. The second-order valence-corrected chi connectivity index (χ2v) is 5.99. The lowest BCUT2D eigenvalue weighted by Crippen LogP contribution is -2.38. The van der Waals surface area contributed by atoms with E-state index in [4.69, 9.17) is 9.47 Å². The van der Waals surface area contributed by atoms with Crippen molar-refractivity contribution < 1.29 is 9.47 Å². The summed E-state index contributed by atoms with van der Waals surface area (Å²) in [6, 6.07) is 0.571. The predicted octanol–water partition coefficient (Wildman–Crippen LogP) is 2.25. The summed E-state index contributed by atoms with van der Waals surface area (Å²) in [7, 11) is 0. The molecule has 3 nitrogen and oxygen atoms in total. The van der Waals surface area contributed by atoms with Crippen LogP contribution in [0.2, 0.25) is 0 Å². The zero-order chi connectivity index (χ0) is 11.6. The van der Waals surface area contributed by atoms with Gasteiger partial charge in [-0.2, -0.15) is 0 Å². The lowest BCUT2D eigenvalue weighted by Gasteiger charge is -2.33. The summed E-state index contributed by atoms with van der Waals surface area (Å²) in [5, 5.41) is 3.60. The van der Waals surface area contributed by atoms with E-state index in [9.17, 15) is 0 Å². The molecule has 3 rings (SSSR count). The quantitative estimate of drug-likeness (QED) is 0.819. The van der Waals surface area contributed by atoms with Crippen LogP contribution < -0.4 is 5.32 Å². The summed E-state index contributed by atoms with van der Waals surface area (Å²) >= 11 is 0. The lowest BCUT2D eigenvalue weighted by molar-refractivity contribution is -0.0629. The number of nitrogens with one attached hydrogen (secondary N) is 1. The highest BCUT2D eigenvalue weighted by atomic mass is 16.5. The third kappa shape index (κ3) is 2.83. The highest BCUT2D eigenvalue weighted by Crippen LogP contribution is 2.41. The number of hydrogen-bond donors (Lipinski definition) is 1. The maximum absolute atomic E-state index is 6.35. The Hall–Kier alpha value is -0.120. The van der Waals surface area contributed by atoms with Crippen molar-refractivity contribution in [3.05, 3.63) is 0 Å². The molecule has 1 aliphatic carbocycles. The Morgan fingerprint density at radius 3 is 2.71 bits per heavy atom. The summed E-state index contributed by atoms with van der Waals surface area (Å²) in [6.45, 7) is 2.83. The molecule has 0 aromatic carbocycles. The molecular weight excluding hydrogens is 214 g/mol. The fourth-order valence-corrected chi connectivity index (χ4v) is 3.60. The molecule has 3 aliphatic rings. The van der Waals surface area contributed by atoms with Crippen LogP contribution in [0.1, 0.15) is 51.4 Å². The minimum Gasteiger partial charge on any atom is -0.380 e. The third-order valence-corrected chi connectivity index (χ3v) is 4.67. The van der Waals surface area contributed by atoms with Crippen molar-refractivity contribution in [3.8, 4) is 0 Å². The van der Waals surface area contributed by atoms with Gasteiger partial charge < -0.3 is 14.8 Å². The summed E-state index contributed by atoms with van der Waals surface area (Å²) in [4.78, 5) is 0. The van der Waals surface area contributed by atoms with Crippen molar-refractivity contribution >= 4 is 0 Å². The zero-order valence-corrected chi connectivity index (χ0v) is 10.7. The van der Waals surface area contributed by atoms with Gasteiger partial charge in [0, 0.05) is 19.2 Å². The van der Waals surface area contributed by atoms with Gasteiger partial charge in [-0.3, -0.25) is 0 Å². The van der Waals surface area contributed by atoms with Gasteiger partial charge in [0.15, 0.2) is 0 Å². The monoisotopic (exact) mass is 239 g/mol. The van der Waals surface area contributed by atoms with Crippen molar-refractivity contribution in [1.29, 1.82) is 0 Å². The van der Waals surface area contributed by atoms with Crippen LogP contribution in [0, 0.1) is 0 Å². The summed E-state index contributed by atoms with van der Waals surface area (Å²) in [5.41, 5.74) is 0.275. The van der Waals surface area contributed by atoms with Crippen molar-refractivity contribution in [1.82, 2.24) is 5.32 Å². The van der Waals surface area contributed by atoms with Crippen LogP contribution >= 0.6 is 0 Å². The van der Waals surface area contributed by atoms with E-state index in [-0.39, 0.29) is 5.60 Å². The fourth-order valence-electron chi connectivity index (χ4n) is 3.60. The summed E-state index contributed by atoms with van der Waals surface area (Å²) < 4.78 is 11.7. The second-order valence-electron chi connectivity index (χ2n) is 5.99. The first-order chi connectivity index (χ1) is 8.36. The molecule has 1 saturated carbocycles. The van der Waals surface area contributed by atoms with Gasteiger partial charge in [-0.05, 0) is 32.1 Å². The first-order valence-electron chi connectivity index (χ1n) is 7.35. The van der Waals surface area contributed by atoms with Crippen molar-refractivity contribution in [3.63, 3.8) is 0 Å². The van der Waals surface area contributed by atoms with E-state index in [1.54, 1.807) is 0 Å². The third-order valence-electron chi connectivity index (χ3n) is 4.67. The minimum absolute atomic E-state index is 0.275. The first kappa shape index (κ1) is 11.9. The van der Waals surface area contributed by atoms with Crippen LogP contribution in [0.15, 0.2) is 0 Å². The molecule has 1 N–H and O–H groups in total. The van der Waals surface area contributed by atoms with Crippen LogP contribution in [0.25, 0.3) is 0 Å². The van der Waals surface area contributed by atoms with E-state index in [1.165, 1.54) is 44.9 Å². The Bertz CT molecular complexity index is 245. The molecule has 2 atom stereocenters. The zero-order valence-electron chi connectivity index (χ0n) is 10.7. The van der Waals surface area contributed by atoms with Gasteiger partial charge in [-0.25, -0.2) is 0 Å². The van der Waals surface area contributed by atoms with E-state index in [0.717, 1.165) is 26.2 Å². The standard InChI is InChI=1S/C14H25NO2/c1-2-6-14(7-3-1)8-4-13(17-14)10-15-12-5-9-16-11-12/h12-13,15H,1-11H2. The molecule has 2 aliphatic heterocycles. The molecule has 3 fully saturated rings. The molecule has 3 heteroatoms. The largest absolute Gasteiger partial charge is 0.380 e. The molecule has 0 aromatic rings. The van der Waals surface area contributed by atoms with Crippen LogP contribution in [-0.2, 0) is 9.47 Å². The van der Waals surface area contributed by atoms with Crippen LogP contribution in [0.3, 0.4) is 0 Å². The van der Waals surface area contributed by atoms with Crippen LogP contribution in [0.4, 0.5) is 0 Å². The van der Waals surface area contributed by atoms with Crippen LogP contribution in [-0.4, -0.2) is 37.5 Å². The fraction of sp³-hybridized carbons (Fsp3) is 1.00. The molecular formula is C14H25NO2. The number of hydrogen-bond acceptors (Lipinski definition) is 3. The molecule has 2 unspecified atom stereocenters. The van der Waals surface area contributed by atoms with E-state index >= 15 is 0 Å². The Balaban J connectivity index is 1.43. The predicted molar refractivity (Wildman–Crippen MR) is 67.1 cm³/mol. The first-order valence-corrected chi connectivity index (χ1v) is 7.35. The highest BCUT2D eigenvalue weighted by Gasteiger charge is 2.40. The highest BCUT2D eigenvalue weighted by molar-refractivity contribution is 4.92. The molecule has 0 aromatic heterocycles. The van der Waals surface area contributed by atoms with Gasteiger partial charge >= 0.3 is 0 Å². The Morgan fingerprint density at radius 2 is 1.94 bits per heavy atom. The van der Waals surface area contributed by atoms with E-state index < -0.39 is 0 Å². The molecule has 2 heterocycles. The van der Waals surface area contributed by atoms with E-state index in [2.05, 4.69) is 5.32 Å². The van der Waals surface area contributed by atoms with Gasteiger partial charge in [0.25, 0.3) is 0 Å². The van der Waals surface area contributed by atoms with Gasteiger partial charge in [0.1, 0.15) is 0 Å². The van der Waals surface area contributed by atoms with Crippen molar-refractivity contribution in [2.75, 3.05) is 19.8 Å². The number of ether oxygens (including phenoxy) is 2. The topological polar surface area (TPSA) is 30.5 Å². The van der Waals surface area contributed by atoms with Crippen molar-refractivity contribution in [2.45, 2.75) is 69.1 Å². The second kappa shape index (κ2) is 5.25. The average Bonchev–Trinajstić information content (AvgIpc) is 2.98. The van der Waals surface area contributed by atoms with E-state index in [1.807, 2.05) is 0 Å². The van der Waals surface area contributed by atoms with Gasteiger partial charge in [-0.15, -0.1) is 0 Å². The van der Waals surface area contributed by atoms with Crippen LogP contribution in [0.5, 0.6) is 0 Å². The molecule has 0 amide bonds. The van der Waals surface area contributed by atoms with Gasteiger partial charge in [0.05, 0.1) is 18.3 Å². The Kier molecular flexibility index (Phi) is 3.69. The smallest absolute Gasteiger partial charge is 0.0708 e. The normalized spacial score (nSPS) is 36.7. The van der Waals surface area contributed by atoms with Crippen molar-refractivity contribution in [2.24, 2.45) is 0 Å². The molecule has 1 spiro atoms. The molecule has 0 bridgehead atoms. The molecule has 17 heavy (non-hydrogen) atoms. The molecule has 0 radical (unpaired) electrons. The average molecular weight is 239 g/mol. The molecule has 98 valence electrons. The number of rotatable bonds is 3. The SMILES string of the molecule is C1CCC2(CC1)CCC(CNC1CCOC1)O2. The summed E-state index contributed by atoms with van der Waals surface area (Å²) in [5.74, 6) is 0. The summed E-state index contributed by atoms with van der Waals surface area (Å²) in [6.07, 6.45) is 10.9. The maximum Gasteiger partial charge on any atom is 0.0708 e. The lowest BCUT2D eigenvalue weighted by atomic mass is 9.83.